The maximum Gasteiger partial charge on any atom is 0.154 e. The molecular weight excluding hydrogens is 298 g/mol. The fourth-order valence-corrected chi connectivity index (χ4v) is 3.13. The quantitative estimate of drug-likeness (QED) is 0.755. The largest absolute Gasteiger partial charge is 0.463 e. The van der Waals surface area contributed by atoms with E-state index in [1.54, 1.807) is 6.26 Å². The van der Waals surface area contributed by atoms with Crippen LogP contribution >= 0.6 is 11.6 Å². The summed E-state index contributed by atoms with van der Waals surface area (Å²) in [5.41, 5.74) is 2.98. The van der Waals surface area contributed by atoms with E-state index in [1.807, 2.05) is 41.1 Å². The van der Waals surface area contributed by atoms with Crippen LogP contribution in [0.1, 0.15) is 18.4 Å². The second-order valence-electron chi connectivity index (χ2n) is 5.40. The maximum atomic E-state index is 6.36. The molecule has 4 rings (SSSR count). The van der Waals surface area contributed by atoms with E-state index in [1.165, 1.54) is 5.56 Å². The standard InChI is InChI=1S/C17H16ClN3O/c18-13-7-1-2-8-14(13)21-17-12(6-3-4-10-19-17)16(20-21)15-9-5-11-22-15/h1-2,5,7-9,11,19H,3-4,6,10H2. The van der Waals surface area contributed by atoms with Crippen LogP contribution in [0.25, 0.3) is 17.1 Å². The topological polar surface area (TPSA) is 43.0 Å². The molecular formula is C17H16ClN3O. The van der Waals surface area contributed by atoms with Crippen molar-refractivity contribution in [3.8, 4) is 17.1 Å². The van der Waals surface area contributed by atoms with Gasteiger partial charge in [0.15, 0.2) is 5.76 Å². The normalized spacial score (nSPS) is 14.2. The van der Waals surface area contributed by atoms with Crippen molar-refractivity contribution >= 4 is 17.4 Å². The lowest BCUT2D eigenvalue weighted by Gasteiger charge is -2.10. The number of hydrogen-bond acceptors (Lipinski definition) is 3. The Hall–Kier alpha value is -2.20. The zero-order valence-electron chi connectivity index (χ0n) is 12.1. The SMILES string of the molecule is Clc1ccccc1-n1nc(-c2ccco2)c2c1NCCCC2. The molecule has 1 aliphatic heterocycles. The lowest BCUT2D eigenvalue weighted by Crippen LogP contribution is -2.07. The van der Waals surface area contributed by atoms with Gasteiger partial charge in [0.05, 0.1) is 17.0 Å². The van der Waals surface area contributed by atoms with Crippen molar-refractivity contribution in [3.05, 3.63) is 53.2 Å². The molecule has 3 aromatic rings. The van der Waals surface area contributed by atoms with E-state index in [0.717, 1.165) is 48.8 Å². The molecule has 0 unspecified atom stereocenters. The highest BCUT2D eigenvalue weighted by Crippen LogP contribution is 2.35. The molecule has 112 valence electrons. The lowest BCUT2D eigenvalue weighted by atomic mass is 10.1. The van der Waals surface area contributed by atoms with E-state index in [-0.39, 0.29) is 0 Å². The first-order valence-corrected chi connectivity index (χ1v) is 7.87. The van der Waals surface area contributed by atoms with Gasteiger partial charge in [-0.05, 0) is 43.5 Å². The number of fused-ring (bicyclic) bond motifs is 1. The number of anilines is 1. The number of aromatic nitrogens is 2. The molecule has 0 radical (unpaired) electrons. The van der Waals surface area contributed by atoms with E-state index in [9.17, 15) is 0 Å². The van der Waals surface area contributed by atoms with Crippen LogP contribution in [0.3, 0.4) is 0 Å². The average Bonchev–Trinajstić information content (AvgIpc) is 3.10. The van der Waals surface area contributed by atoms with E-state index in [0.29, 0.717) is 5.02 Å². The van der Waals surface area contributed by atoms with Gasteiger partial charge < -0.3 is 9.73 Å². The summed E-state index contributed by atoms with van der Waals surface area (Å²) in [6, 6.07) is 11.6. The third kappa shape index (κ3) is 2.20. The molecule has 5 heteroatoms. The highest BCUT2D eigenvalue weighted by molar-refractivity contribution is 6.32. The third-order valence-electron chi connectivity index (χ3n) is 3.96. The third-order valence-corrected chi connectivity index (χ3v) is 4.28. The molecule has 1 N–H and O–H groups in total. The summed E-state index contributed by atoms with van der Waals surface area (Å²) in [7, 11) is 0. The van der Waals surface area contributed by atoms with Crippen LogP contribution in [0.15, 0.2) is 47.1 Å². The van der Waals surface area contributed by atoms with Gasteiger partial charge in [0.25, 0.3) is 0 Å². The van der Waals surface area contributed by atoms with Gasteiger partial charge in [0.1, 0.15) is 11.5 Å². The van der Waals surface area contributed by atoms with Crippen molar-refractivity contribution in [1.29, 1.82) is 0 Å². The smallest absolute Gasteiger partial charge is 0.154 e. The predicted octanol–water partition coefficient (Wildman–Crippen LogP) is 4.53. The molecule has 0 saturated carbocycles. The number of furan rings is 1. The number of benzene rings is 1. The van der Waals surface area contributed by atoms with Crippen LogP contribution in [0.4, 0.5) is 5.82 Å². The second-order valence-corrected chi connectivity index (χ2v) is 5.81. The Bertz CT molecular complexity index is 792. The Morgan fingerprint density at radius 1 is 1.14 bits per heavy atom. The van der Waals surface area contributed by atoms with Crippen molar-refractivity contribution in [3.63, 3.8) is 0 Å². The van der Waals surface area contributed by atoms with Gasteiger partial charge in [-0.3, -0.25) is 0 Å². The monoisotopic (exact) mass is 313 g/mol. The molecule has 0 spiro atoms. The Morgan fingerprint density at radius 3 is 2.86 bits per heavy atom. The lowest BCUT2D eigenvalue weighted by molar-refractivity contribution is 0.578. The van der Waals surface area contributed by atoms with Gasteiger partial charge >= 0.3 is 0 Å². The summed E-state index contributed by atoms with van der Waals surface area (Å²) >= 11 is 6.36. The molecule has 4 nitrogen and oxygen atoms in total. The van der Waals surface area contributed by atoms with E-state index < -0.39 is 0 Å². The highest BCUT2D eigenvalue weighted by atomic mass is 35.5. The second kappa shape index (κ2) is 5.54. The zero-order chi connectivity index (χ0) is 14.9. The molecule has 2 aromatic heterocycles. The van der Waals surface area contributed by atoms with Crippen molar-refractivity contribution < 1.29 is 4.42 Å². The maximum absolute atomic E-state index is 6.36. The van der Waals surface area contributed by atoms with E-state index in [4.69, 9.17) is 21.1 Å². The first-order chi connectivity index (χ1) is 10.8. The first kappa shape index (κ1) is 13.5. The molecule has 0 aliphatic carbocycles. The Morgan fingerprint density at radius 2 is 2.05 bits per heavy atom. The van der Waals surface area contributed by atoms with Crippen LogP contribution < -0.4 is 5.32 Å². The summed E-state index contributed by atoms with van der Waals surface area (Å²) in [5, 5.41) is 8.97. The van der Waals surface area contributed by atoms with Crippen LogP contribution in [-0.2, 0) is 6.42 Å². The van der Waals surface area contributed by atoms with Crippen molar-refractivity contribution in [2.24, 2.45) is 0 Å². The van der Waals surface area contributed by atoms with Crippen LogP contribution in [-0.4, -0.2) is 16.3 Å². The molecule has 0 amide bonds. The summed E-state index contributed by atoms with van der Waals surface area (Å²) < 4.78 is 7.47. The van der Waals surface area contributed by atoms with Crippen LogP contribution in [0.5, 0.6) is 0 Å². The van der Waals surface area contributed by atoms with Gasteiger partial charge in [0.2, 0.25) is 0 Å². The summed E-state index contributed by atoms with van der Waals surface area (Å²) in [6.45, 7) is 0.945. The minimum absolute atomic E-state index is 0.685. The van der Waals surface area contributed by atoms with Gasteiger partial charge in [-0.1, -0.05) is 23.7 Å². The van der Waals surface area contributed by atoms with E-state index >= 15 is 0 Å². The predicted molar refractivity (Wildman–Crippen MR) is 87.7 cm³/mol. The molecule has 22 heavy (non-hydrogen) atoms. The highest BCUT2D eigenvalue weighted by Gasteiger charge is 2.23. The fourth-order valence-electron chi connectivity index (χ4n) is 2.91. The van der Waals surface area contributed by atoms with Crippen molar-refractivity contribution in [1.82, 2.24) is 9.78 Å². The molecule has 3 heterocycles. The fraction of sp³-hybridized carbons (Fsp3) is 0.235. The van der Waals surface area contributed by atoms with Gasteiger partial charge in [-0.15, -0.1) is 0 Å². The molecule has 1 aromatic carbocycles. The van der Waals surface area contributed by atoms with Gasteiger partial charge in [0, 0.05) is 12.1 Å². The van der Waals surface area contributed by atoms with Gasteiger partial charge in [-0.25, -0.2) is 4.68 Å². The Labute approximate surface area is 133 Å². The van der Waals surface area contributed by atoms with Crippen LogP contribution in [0, 0.1) is 0 Å². The minimum Gasteiger partial charge on any atom is -0.463 e. The number of hydrogen-bond donors (Lipinski definition) is 1. The van der Waals surface area contributed by atoms with Gasteiger partial charge in [-0.2, -0.15) is 5.10 Å². The number of nitrogens with zero attached hydrogens (tertiary/aromatic N) is 2. The first-order valence-electron chi connectivity index (χ1n) is 7.49. The molecule has 0 fully saturated rings. The molecule has 0 saturated heterocycles. The van der Waals surface area contributed by atoms with Crippen molar-refractivity contribution in [2.75, 3.05) is 11.9 Å². The minimum atomic E-state index is 0.685. The summed E-state index contributed by atoms with van der Waals surface area (Å²) in [6.07, 6.45) is 4.96. The Kier molecular flexibility index (Phi) is 3.39. The zero-order valence-corrected chi connectivity index (χ0v) is 12.8. The molecule has 1 aliphatic rings. The van der Waals surface area contributed by atoms with Crippen LogP contribution in [0.2, 0.25) is 5.02 Å². The summed E-state index contributed by atoms with van der Waals surface area (Å²) in [4.78, 5) is 0. The average molecular weight is 314 g/mol. The molecule has 0 atom stereocenters. The number of nitrogens with one attached hydrogen (secondary N) is 1. The number of halogens is 1. The van der Waals surface area contributed by atoms with E-state index in [2.05, 4.69) is 5.32 Å². The number of rotatable bonds is 2. The molecule has 0 bridgehead atoms. The number of para-hydroxylation sites is 1. The summed E-state index contributed by atoms with van der Waals surface area (Å²) in [5.74, 6) is 1.82. The van der Waals surface area contributed by atoms with Crippen molar-refractivity contribution in [2.45, 2.75) is 19.3 Å². The Balaban J connectivity index is 1.94.